The summed E-state index contributed by atoms with van der Waals surface area (Å²) in [5.74, 6) is 0.735. The zero-order valence-electron chi connectivity index (χ0n) is 10.6. The molecule has 1 heterocycles. The van der Waals surface area contributed by atoms with Gasteiger partial charge in [0.05, 0.1) is 13.2 Å². The molecule has 0 saturated carbocycles. The van der Waals surface area contributed by atoms with Crippen LogP contribution in [0.25, 0.3) is 0 Å². The van der Waals surface area contributed by atoms with E-state index < -0.39 is 0 Å². The molecule has 1 N–H and O–H groups in total. The van der Waals surface area contributed by atoms with Crippen LogP contribution in [0.2, 0.25) is 0 Å². The second-order valence-electron chi connectivity index (χ2n) is 5.06. The van der Waals surface area contributed by atoms with E-state index in [1.807, 2.05) is 0 Å². The van der Waals surface area contributed by atoms with Gasteiger partial charge in [0.15, 0.2) is 0 Å². The Morgan fingerprint density at radius 2 is 2.07 bits per heavy atom. The second-order valence-corrected chi connectivity index (χ2v) is 5.06. The smallest absolute Gasteiger partial charge is 0.0619 e. The summed E-state index contributed by atoms with van der Waals surface area (Å²) in [5.41, 5.74) is 0. The summed E-state index contributed by atoms with van der Waals surface area (Å²) in [7, 11) is 0. The van der Waals surface area contributed by atoms with E-state index in [9.17, 15) is 0 Å². The first-order chi connectivity index (χ1) is 7.11. The van der Waals surface area contributed by atoms with E-state index in [-0.39, 0.29) is 0 Å². The molecule has 0 aromatic rings. The van der Waals surface area contributed by atoms with Crippen LogP contribution in [0.5, 0.6) is 0 Å². The Labute approximate surface area is 94.2 Å². The molecule has 3 nitrogen and oxygen atoms in total. The van der Waals surface area contributed by atoms with Crippen LogP contribution in [0.1, 0.15) is 27.7 Å². The zero-order valence-corrected chi connectivity index (χ0v) is 10.6. The lowest BCUT2D eigenvalue weighted by atomic mass is 10.1. The first kappa shape index (κ1) is 12.9. The van der Waals surface area contributed by atoms with E-state index in [0.29, 0.717) is 12.1 Å². The van der Waals surface area contributed by atoms with Crippen molar-refractivity contribution in [3.05, 3.63) is 0 Å². The summed E-state index contributed by atoms with van der Waals surface area (Å²) >= 11 is 0. The Kier molecular flexibility index (Phi) is 5.58. The number of hydrogen-bond donors (Lipinski definition) is 1. The minimum atomic E-state index is 0.564. The highest BCUT2D eigenvalue weighted by Gasteiger charge is 2.23. The highest BCUT2D eigenvalue weighted by molar-refractivity contribution is 4.78. The van der Waals surface area contributed by atoms with Gasteiger partial charge in [-0.2, -0.15) is 0 Å². The molecule has 0 aromatic carbocycles. The van der Waals surface area contributed by atoms with Crippen LogP contribution >= 0.6 is 0 Å². The van der Waals surface area contributed by atoms with E-state index in [4.69, 9.17) is 4.74 Å². The summed E-state index contributed by atoms with van der Waals surface area (Å²) in [4.78, 5) is 2.54. The van der Waals surface area contributed by atoms with Gasteiger partial charge in [-0.05, 0) is 26.3 Å². The average Bonchev–Trinajstić information content (AvgIpc) is 2.17. The first-order valence-electron chi connectivity index (χ1n) is 6.15. The Bertz CT molecular complexity index is 173. The summed E-state index contributed by atoms with van der Waals surface area (Å²) < 4.78 is 5.44. The fourth-order valence-electron chi connectivity index (χ4n) is 2.09. The molecule has 0 amide bonds. The van der Waals surface area contributed by atoms with Crippen molar-refractivity contribution in [1.29, 1.82) is 0 Å². The molecule has 15 heavy (non-hydrogen) atoms. The molecule has 0 bridgehead atoms. The maximum Gasteiger partial charge on any atom is 0.0619 e. The normalized spacial score (nSPS) is 25.8. The van der Waals surface area contributed by atoms with Crippen molar-refractivity contribution in [2.75, 3.05) is 32.8 Å². The fourth-order valence-corrected chi connectivity index (χ4v) is 2.09. The van der Waals surface area contributed by atoms with Gasteiger partial charge in [-0.25, -0.2) is 0 Å². The maximum absolute atomic E-state index is 5.44. The maximum atomic E-state index is 5.44. The van der Waals surface area contributed by atoms with E-state index in [1.165, 1.54) is 0 Å². The molecule has 2 atom stereocenters. The van der Waals surface area contributed by atoms with Gasteiger partial charge in [0.25, 0.3) is 0 Å². The number of hydrogen-bond acceptors (Lipinski definition) is 3. The van der Waals surface area contributed by atoms with Crippen LogP contribution in [0, 0.1) is 5.92 Å². The van der Waals surface area contributed by atoms with E-state index in [2.05, 4.69) is 37.9 Å². The number of rotatable bonds is 5. The molecule has 0 aromatic heterocycles. The van der Waals surface area contributed by atoms with Crippen LogP contribution in [0.15, 0.2) is 0 Å². The zero-order chi connectivity index (χ0) is 11.3. The lowest BCUT2D eigenvalue weighted by molar-refractivity contribution is -0.0181. The van der Waals surface area contributed by atoms with Crippen molar-refractivity contribution in [3.8, 4) is 0 Å². The number of ether oxygens (including phenoxy) is 1. The van der Waals surface area contributed by atoms with Crippen molar-refractivity contribution in [3.63, 3.8) is 0 Å². The molecule has 3 heteroatoms. The molecule has 0 aliphatic carbocycles. The monoisotopic (exact) mass is 214 g/mol. The Balaban J connectivity index is 2.22. The molecule has 0 spiro atoms. The highest BCUT2D eigenvalue weighted by atomic mass is 16.5. The van der Waals surface area contributed by atoms with Gasteiger partial charge < -0.3 is 10.1 Å². The summed E-state index contributed by atoms with van der Waals surface area (Å²) in [6.07, 6.45) is 0. The van der Waals surface area contributed by atoms with Gasteiger partial charge in [-0.3, -0.25) is 4.90 Å². The SMILES string of the molecule is CC(C)CNCC(C)N1CCOCC1C. The molecule has 90 valence electrons. The van der Waals surface area contributed by atoms with Gasteiger partial charge in [-0.1, -0.05) is 13.8 Å². The fraction of sp³-hybridized carbons (Fsp3) is 1.00. The third-order valence-corrected chi connectivity index (χ3v) is 2.98. The Morgan fingerprint density at radius 1 is 1.33 bits per heavy atom. The minimum absolute atomic E-state index is 0.564. The van der Waals surface area contributed by atoms with Crippen molar-refractivity contribution >= 4 is 0 Å². The van der Waals surface area contributed by atoms with Gasteiger partial charge >= 0.3 is 0 Å². The van der Waals surface area contributed by atoms with E-state index in [0.717, 1.165) is 38.8 Å². The van der Waals surface area contributed by atoms with Crippen LogP contribution in [-0.2, 0) is 4.74 Å². The topological polar surface area (TPSA) is 24.5 Å². The third-order valence-electron chi connectivity index (χ3n) is 2.98. The molecule has 1 aliphatic rings. The standard InChI is InChI=1S/C12H26N2O/c1-10(2)7-13-8-11(3)14-5-6-15-9-12(14)4/h10-13H,5-9H2,1-4H3. The first-order valence-corrected chi connectivity index (χ1v) is 6.15. The predicted octanol–water partition coefficient (Wildman–Crippen LogP) is 1.34. The molecule has 1 aliphatic heterocycles. The van der Waals surface area contributed by atoms with Gasteiger partial charge in [0.1, 0.15) is 0 Å². The van der Waals surface area contributed by atoms with Crippen molar-refractivity contribution in [2.45, 2.75) is 39.8 Å². The van der Waals surface area contributed by atoms with E-state index >= 15 is 0 Å². The number of nitrogens with zero attached hydrogens (tertiary/aromatic N) is 1. The summed E-state index contributed by atoms with van der Waals surface area (Å²) in [5, 5.41) is 3.52. The molecule has 1 rings (SSSR count). The Hall–Kier alpha value is -0.120. The molecular formula is C12H26N2O. The lowest BCUT2D eigenvalue weighted by Gasteiger charge is -2.38. The molecule has 2 unspecified atom stereocenters. The third kappa shape index (κ3) is 4.49. The molecular weight excluding hydrogens is 188 g/mol. The second kappa shape index (κ2) is 6.46. The largest absolute Gasteiger partial charge is 0.379 e. The predicted molar refractivity (Wildman–Crippen MR) is 64.2 cm³/mol. The summed E-state index contributed by atoms with van der Waals surface area (Å²) in [6.45, 7) is 14.1. The van der Waals surface area contributed by atoms with Crippen molar-refractivity contribution in [2.24, 2.45) is 5.92 Å². The molecule has 1 fully saturated rings. The van der Waals surface area contributed by atoms with Crippen LogP contribution in [0.3, 0.4) is 0 Å². The van der Waals surface area contributed by atoms with Crippen LogP contribution in [-0.4, -0.2) is 49.8 Å². The van der Waals surface area contributed by atoms with Crippen molar-refractivity contribution < 1.29 is 4.74 Å². The average molecular weight is 214 g/mol. The van der Waals surface area contributed by atoms with Crippen LogP contribution < -0.4 is 5.32 Å². The number of nitrogens with one attached hydrogen (secondary N) is 1. The van der Waals surface area contributed by atoms with Crippen molar-refractivity contribution in [1.82, 2.24) is 10.2 Å². The minimum Gasteiger partial charge on any atom is -0.379 e. The van der Waals surface area contributed by atoms with Gasteiger partial charge in [0.2, 0.25) is 0 Å². The molecule has 0 radical (unpaired) electrons. The number of morpholine rings is 1. The highest BCUT2D eigenvalue weighted by Crippen LogP contribution is 2.10. The van der Waals surface area contributed by atoms with Gasteiger partial charge in [-0.15, -0.1) is 0 Å². The Morgan fingerprint density at radius 3 is 2.67 bits per heavy atom. The lowest BCUT2D eigenvalue weighted by Crippen LogP contribution is -2.51. The van der Waals surface area contributed by atoms with E-state index in [1.54, 1.807) is 0 Å². The molecule has 1 saturated heterocycles. The summed E-state index contributed by atoms with van der Waals surface area (Å²) in [6, 6.07) is 1.18. The quantitative estimate of drug-likeness (QED) is 0.747. The van der Waals surface area contributed by atoms with Gasteiger partial charge in [0, 0.05) is 25.2 Å². The van der Waals surface area contributed by atoms with Crippen LogP contribution in [0.4, 0.5) is 0 Å².